The van der Waals surface area contributed by atoms with Gasteiger partial charge in [-0.05, 0) is 38.5 Å². The number of quaternary nitrogens is 1. The average molecular weight is 705 g/mol. The van der Waals surface area contributed by atoms with Crippen molar-refractivity contribution in [1.82, 2.24) is 0 Å². The summed E-state index contributed by atoms with van der Waals surface area (Å²) >= 11 is 0. The van der Waals surface area contributed by atoms with Crippen molar-refractivity contribution < 1.29 is 42.1 Å². The van der Waals surface area contributed by atoms with Crippen molar-refractivity contribution in [2.45, 2.75) is 174 Å². The van der Waals surface area contributed by atoms with Gasteiger partial charge in [-0.25, -0.2) is 4.57 Å². The molecule has 0 bridgehead atoms. The number of unbranched alkanes of at least 4 members (excludes halogenated alkanes) is 19. The van der Waals surface area contributed by atoms with Gasteiger partial charge in [0, 0.05) is 12.8 Å². The molecule has 0 saturated carbocycles. The zero-order valence-corrected chi connectivity index (χ0v) is 32.6. The molecule has 1 N–H and O–H groups in total. The summed E-state index contributed by atoms with van der Waals surface area (Å²) in [7, 11) is 1.48. The molecule has 48 heavy (non-hydrogen) atoms. The third-order valence-electron chi connectivity index (χ3n) is 8.30. The van der Waals surface area contributed by atoms with Gasteiger partial charge in [0.15, 0.2) is 6.10 Å². The van der Waals surface area contributed by atoms with Crippen molar-refractivity contribution in [2.24, 2.45) is 0 Å². The van der Waals surface area contributed by atoms with Crippen LogP contribution in [0.15, 0.2) is 12.2 Å². The number of nitrogens with zero attached hydrogens (tertiary/aromatic N) is 1. The second-order valence-electron chi connectivity index (χ2n) is 14.3. The molecule has 0 amide bonds. The Morgan fingerprint density at radius 3 is 1.58 bits per heavy atom. The average Bonchev–Trinajstić information content (AvgIpc) is 3.02. The van der Waals surface area contributed by atoms with Crippen molar-refractivity contribution in [3.8, 4) is 0 Å². The SMILES string of the molecule is CCCCCCCCCC/C=C\CCCCCCCCCCCC(=O)OC(COC(=O)CCCCC)COP(=O)(O)OCC[N+](C)(C)C. The Morgan fingerprint density at radius 1 is 0.625 bits per heavy atom. The van der Waals surface area contributed by atoms with Crippen LogP contribution in [0.5, 0.6) is 0 Å². The Morgan fingerprint density at radius 2 is 1.06 bits per heavy atom. The van der Waals surface area contributed by atoms with Gasteiger partial charge in [-0.3, -0.25) is 18.6 Å². The van der Waals surface area contributed by atoms with E-state index in [2.05, 4.69) is 19.1 Å². The van der Waals surface area contributed by atoms with Crippen LogP contribution in [0.3, 0.4) is 0 Å². The Hall–Kier alpha value is -1.25. The molecule has 2 unspecified atom stereocenters. The maximum Gasteiger partial charge on any atom is 0.472 e. The number of hydrogen-bond donors (Lipinski definition) is 1. The lowest BCUT2D eigenvalue weighted by molar-refractivity contribution is -0.870. The van der Waals surface area contributed by atoms with Crippen molar-refractivity contribution in [1.29, 1.82) is 0 Å². The number of phosphoric acid groups is 1. The van der Waals surface area contributed by atoms with Gasteiger partial charge in [0.1, 0.15) is 19.8 Å². The number of rotatable bonds is 35. The van der Waals surface area contributed by atoms with Gasteiger partial charge >= 0.3 is 19.8 Å². The molecule has 0 rings (SSSR count). The zero-order chi connectivity index (χ0) is 35.8. The summed E-state index contributed by atoms with van der Waals surface area (Å²) in [5, 5.41) is 0. The second-order valence-corrected chi connectivity index (χ2v) is 15.8. The quantitative estimate of drug-likeness (QED) is 0.0228. The lowest BCUT2D eigenvalue weighted by Gasteiger charge is -2.24. The van der Waals surface area contributed by atoms with Gasteiger partial charge in [-0.15, -0.1) is 0 Å². The molecule has 0 aromatic carbocycles. The van der Waals surface area contributed by atoms with E-state index in [-0.39, 0.29) is 26.1 Å². The molecule has 0 aliphatic heterocycles. The highest BCUT2D eigenvalue weighted by Gasteiger charge is 2.27. The number of likely N-dealkylation sites (N-methyl/N-ethyl adjacent to an activating group) is 1. The van der Waals surface area contributed by atoms with Gasteiger partial charge in [0.2, 0.25) is 0 Å². The first-order chi connectivity index (χ1) is 23.0. The van der Waals surface area contributed by atoms with E-state index in [1.54, 1.807) is 0 Å². The van der Waals surface area contributed by atoms with Gasteiger partial charge < -0.3 is 18.9 Å². The van der Waals surface area contributed by atoms with Crippen LogP contribution in [0, 0.1) is 0 Å². The van der Waals surface area contributed by atoms with Crippen molar-refractivity contribution in [3.63, 3.8) is 0 Å². The number of ether oxygens (including phenoxy) is 2. The maximum atomic E-state index is 12.5. The van der Waals surface area contributed by atoms with Crippen LogP contribution in [-0.4, -0.2) is 74.9 Å². The molecule has 0 spiro atoms. The summed E-state index contributed by atoms with van der Waals surface area (Å²) in [4.78, 5) is 34.7. The minimum Gasteiger partial charge on any atom is -0.462 e. The Balaban J connectivity index is 4.08. The van der Waals surface area contributed by atoms with E-state index in [9.17, 15) is 19.0 Å². The molecule has 0 heterocycles. The fraction of sp³-hybridized carbons (Fsp3) is 0.895. The molecule has 0 fully saturated rings. The van der Waals surface area contributed by atoms with E-state index in [0.29, 0.717) is 17.4 Å². The monoisotopic (exact) mass is 705 g/mol. The molecule has 0 saturated heterocycles. The van der Waals surface area contributed by atoms with Crippen LogP contribution in [0.1, 0.15) is 168 Å². The number of phosphoric ester groups is 1. The normalized spacial score (nSPS) is 13.9. The Labute approximate surface area is 295 Å². The van der Waals surface area contributed by atoms with Crippen LogP contribution < -0.4 is 0 Å². The largest absolute Gasteiger partial charge is 0.472 e. The molecule has 9 nitrogen and oxygen atoms in total. The summed E-state index contributed by atoms with van der Waals surface area (Å²) in [5.41, 5.74) is 0. The van der Waals surface area contributed by atoms with E-state index >= 15 is 0 Å². The summed E-state index contributed by atoms with van der Waals surface area (Å²) in [5.74, 6) is -0.826. The standard InChI is InChI=1S/C38H74NO8P/c1-6-8-10-11-12-13-14-15-16-17-18-19-20-21-22-23-24-25-26-27-29-31-38(41)47-36(34-44-37(40)30-28-9-7-2)35-46-48(42,43)45-33-32-39(3,4)5/h17-18,36H,6-16,19-35H2,1-5H3/p+1/b18-17-. The van der Waals surface area contributed by atoms with Crippen LogP contribution in [-0.2, 0) is 32.7 Å². The van der Waals surface area contributed by atoms with Gasteiger partial charge in [-0.2, -0.15) is 0 Å². The highest BCUT2D eigenvalue weighted by molar-refractivity contribution is 7.47. The van der Waals surface area contributed by atoms with Gasteiger partial charge in [0.25, 0.3) is 0 Å². The van der Waals surface area contributed by atoms with E-state index in [1.807, 2.05) is 28.1 Å². The predicted octanol–water partition coefficient (Wildman–Crippen LogP) is 10.2. The fourth-order valence-electron chi connectivity index (χ4n) is 5.18. The Bertz CT molecular complexity index is 845. The van der Waals surface area contributed by atoms with E-state index in [4.69, 9.17) is 18.5 Å². The fourth-order valence-corrected chi connectivity index (χ4v) is 5.93. The van der Waals surface area contributed by atoms with Crippen LogP contribution in [0.2, 0.25) is 0 Å². The highest BCUT2D eigenvalue weighted by Crippen LogP contribution is 2.43. The minimum atomic E-state index is -4.35. The van der Waals surface area contributed by atoms with Gasteiger partial charge in [0.05, 0.1) is 27.7 Å². The summed E-state index contributed by atoms with van der Waals surface area (Å²) in [6.45, 7) is 4.23. The smallest absolute Gasteiger partial charge is 0.462 e. The third-order valence-corrected chi connectivity index (χ3v) is 9.28. The molecular weight excluding hydrogens is 629 g/mol. The van der Waals surface area contributed by atoms with Crippen LogP contribution in [0.25, 0.3) is 0 Å². The number of esters is 2. The predicted molar refractivity (Wildman–Crippen MR) is 197 cm³/mol. The summed E-state index contributed by atoms with van der Waals surface area (Å²) < 4.78 is 33.8. The molecule has 284 valence electrons. The lowest BCUT2D eigenvalue weighted by Crippen LogP contribution is -2.37. The number of hydrogen-bond acceptors (Lipinski definition) is 7. The number of carbonyl (C=O) groups is 2. The molecule has 0 aliphatic carbocycles. The summed E-state index contributed by atoms with van der Waals surface area (Å²) in [6.07, 6.45) is 30.6. The number of allylic oxidation sites excluding steroid dienone is 2. The molecule has 0 aromatic heterocycles. The maximum absolute atomic E-state index is 12.5. The topological polar surface area (TPSA) is 108 Å². The summed E-state index contributed by atoms with van der Waals surface area (Å²) in [6, 6.07) is 0. The molecule has 0 radical (unpaired) electrons. The highest BCUT2D eigenvalue weighted by atomic mass is 31.2. The van der Waals surface area contributed by atoms with E-state index in [1.165, 1.54) is 96.3 Å². The van der Waals surface area contributed by atoms with E-state index in [0.717, 1.165) is 38.5 Å². The molecule has 10 heteroatoms. The first-order valence-corrected chi connectivity index (χ1v) is 20.9. The first-order valence-electron chi connectivity index (χ1n) is 19.4. The van der Waals surface area contributed by atoms with E-state index < -0.39 is 32.5 Å². The Kier molecular flexibility index (Phi) is 30.9. The minimum absolute atomic E-state index is 0.0330. The third kappa shape index (κ3) is 34.6. The molecular formula is C38H75NO8P+. The molecule has 0 aliphatic rings. The number of carbonyl (C=O) groups excluding carboxylic acids is 2. The lowest BCUT2D eigenvalue weighted by atomic mass is 10.1. The first kappa shape index (κ1) is 46.8. The van der Waals surface area contributed by atoms with Gasteiger partial charge in [-0.1, -0.05) is 129 Å². The van der Waals surface area contributed by atoms with Crippen LogP contribution >= 0.6 is 7.82 Å². The molecule has 2 atom stereocenters. The zero-order valence-electron chi connectivity index (χ0n) is 31.7. The van der Waals surface area contributed by atoms with Crippen molar-refractivity contribution >= 4 is 19.8 Å². The molecule has 0 aromatic rings. The second kappa shape index (κ2) is 31.7. The van der Waals surface area contributed by atoms with Crippen molar-refractivity contribution in [3.05, 3.63) is 12.2 Å². The van der Waals surface area contributed by atoms with Crippen molar-refractivity contribution in [2.75, 3.05) is 47.5 Å². The van der Waals surface area contributed by atoms with Crippen LogP contribution in [0.4, 0.5) is 0 Å².